The van der Waals surface area contributed by atoms with Gasteiger partial charge < -0.3 is 14.4 Å². The van der Waals surface area contributed by atoms with Gasteiger partial charge in [0.05, 0.1) is 30.8 Å². The monoisotopic (exact) mass is 421 g/mol. The third-order valence-electron chi connectivity index (χ3n) is 5.60. The van der Waals surface area contributed by atoms with Gasteiger partial charge in [-0.15, -0.1) is 0 Å². The molecule has 2 fully saturated rings. The van der Waals surface area contributed by atoms with Crippen molar-refractivity contribution in [1.29, 1.82) is 0 Å². The minimum atomic E-state index is -0.629. The fourth-order valence-electron chi connectivity index (χ4n) is 4.04. The number of amides is 4. The number of fused-ring (bicyclic) bond motifs is 1. The van der Waals surface area contributed by atoms with Crippen LogP contribution in [0.1, 0.15) is 20.7 Å². The quantitative estimate of drug-likeness (QED) is 0.697. The predicted octanol–water partition coefficient (Wildman–Crippen LogP) is 1.67. The van der Waals surface area contributed by atoms with Crippen molar-refractivity contribution < 1.29 is 28.7 Å². The van der Waals surface area contributed by atoms with Gasteiger partial charge in [0.25, 0.3) is 17.7 Å². The Bertz CT molecular complexity index is 1050. The molecule has 3 aliphatic heterocycles. The average Bonchev–Trinajstić information content (AvgIpc) is 3.27. The second-order valence-electron chi connectivity index (χ2n) is 7.50. The molecule has 2 aromatic carbocycles. The number of anilines is 2. The molecule has 2 saturated heterocycles. The van der Waals surface area contributed by atoms with Crippen LogP contribution >= 0.6 is 0 Å². The lowest BCUT2D eigenvalue weighted by molar-refractivity contribution is -0.125. The van der Waals surface area contributed by atoms with Crippen molar-refractivity contribution in [3.05, 3.63) is 59.7 Å². The summed E-state index contributed by atoms with van der Waals surface area (Å²) >= 11 is 0. The summed E-state index contributed by atoms with van der Waals surface area (Å²) in [6.07, 6.45) is -1.17. The second kappa shape index (κ2) is 7.51. The molecular formula is C22H19N3O6. The van der Waals surface area contributed by atoms with Crippen LogP contribution in [0.2, 0.25) is 0 Å². The summed E-state index contributed by atoms with van der Waals surface area (Å²) in [6.45, 7) is 1.22. The van der Waals surface area contributed by atoms with Crippen molar-refractivity contribution in [2.24, 2.45) is 0 Å². The number of imide groups is 1. The normalized spacial score (nSPS) is 21.0. The van der Waals surface area contributed by atoms with Crippen LogP contribution < -0.4 is 9.80 Å². The van der Waals surface area contributed by atoms with Crippen LogP contribution in [-0.2, 0) is 14.3 Å². The fourth-order valence-corrected chi connectivity index (χ4v) is 4.04. The maximum absolute atomic E-state index is 12.6. The Morgan fingerprint density at radius 1 is 0.839 bits per heavy atom. The lowest BCUT2D eigenvalue weighted by atomic mass is 10.1. The molecule has 0 N–H and O–H groups in total. The van der Waals surface area contributed by atoms with Crippen molar-refractivity contribution in [3.63, 3.8) is 0 Å². The van der Waals surface area contributed by atoms with Gasteiger partial charge >= 0.3 is 6.09 Å². The number of rotatable bonds is 4. The van der Waals surface area contributed by atoms with Crippen molar-refractivity contribution in [2.45, 2.75) is 6.10 Å². The van der Waals surface area contributed by atoms with Gasteiger partial charge in [-0.3, -0.25) is 24.2 Å². The molecule has 0 aromatic heterocycles. The molecule has 0 spiro atoms. The number of ether oxygens (including phenoxy) is 2. The average molecular weight is 421 g/mol. The number of hydrogen-bond acceptors (Lipinski definition) is 6. The minimum Gasteiger partial charge on any atom is -0.442 e. The molecule has 1 unspecified atom stereocenters. The number of morpholine rings is 1. The Hall–Kier alpha value is -3.72. The van der Waals surface area contributed by atoms with E-state index in [1.807, 2.05) is 0 Å². The van der Waals surface area contributed by atoms with Gasteiger partial charge in [-0.05, 0) is 36.4 Å². The van der Waals surface area contributed by atoms with Crippen molar-refractivity contribution in [3.8, 4) is 0 Å². The van der Waals surface area contributed by atoms with Gasteiger partial charge in [0.1, 0.15) is 12.7 Å². The molecule has 4 amide bonds. The van der Waals surface area contributed by atoms with Crippen LogP contribution in [0.25, 0.3) is 0 Å². The highest BCUT2D eigenvalue weighted by Gasteiger charge is 2.40. The summed E-state index contributed by atoms with van der Waals surface area (Å²) < 4.78 is 10.6. The molecule has 9 nitrogen and oxygen atoms in total. The predicted molar refractivity (Wildman–Crippen MR) is 109 cm³/mol. The first-order valence-electron chi connectivity index (χ1n) is 9.94. The molecule has 9 heteroatoms. The number of benzene rings is 2. The first-order chi connectivity index (χ1) is 15.0. The highest BCUT2D eigenvalue weighted by Crippen LogP contribution is 2.28. The molecule has 1 atom stereocenters. The second-order valence-corrected chi connectivity index (χ2v) is 7.50. The SMILES string of the molecule is O=C1c2ccccc2C(=O)N1CC1CN(c2ccc(N3CCOCC3=O)cc2)C(=O)O1. The van der Waals surface area contributed by atoms with Gasteiger partial charge in [-0.2, -0.15) is 0 Å². The topological polar surface area (TPSA) is 96.5 Å². The van der Waals surface area contributed by atoms with Crippen LogP contribution in [0.5, 0.6) is 0 Å². The van der Waals surface area contributed by atoms with E-state index >= 15 is 0 Å². The van der Waals surface area contributed by atoms with E-state index in [-0.39, 0.29) is 37.4 Å². The van der Waals surface area contributed by atoms with E-state index in [0.717, 1.165) is 10.6 Å². The lowest BCUT2D eigenvalue weighted by Crippen LogP contribution is -2.41. The van der Waals surface area contributed by atoms with Crippen LogP contribution in [-0.4, -0.2) is 67.7 Å². The van der Waals surface area contributed by atoms with Crippen LogP contribution in [0.3, 0.4) is 0 Å². The Morgan fingerprint density at radius 3 is 2.06 bits per heavy atom. The third-order valence-corrected chi connectivity index (χ3v) is 5.60. The van der Waals surface area contributed by atoms with Gasteiger partial charge in [0.15, 0.2) is 0 Å². The minimum absolute atomic E-state index is 0.00501. The Balaban J connectivity index is 1.27. The van der Waals surface area contributed by atoms with Crippen LogP contribution in [0.4, 0.5) is 16.2 Å². The van der Waals surface area contributed by atoms with Crippen molar-refractivity contribution in [2.75, 3.05) is 42.6 Å². The summed E-state index contributed by atoms with van der Waals surface area (Å²) in [5, 5.41) is 0. The lowest BCUT2D eigenvalue weighted by Gasteiger charge is -2.27. The maximum atomic E-state index is 12.6. The zero-order chi connectivity index (χ0) is 21.5. The van der Waals surface area contributed by atoms with Crippen molar-refractivity contribution in [1.82, 2.24) is 4.90 Å². The van der Waals surface area contributed by atoms with E-state index in [4.69, 9.17) is 9.47 Å². The standard InChI is InChI=1S/C22H19N3O6/c26-19-13-30-10-9-23(19)14-5-7-15(8-6-14)24-11-16(31-22(24)29)12-25-20(27)17-3-1-2-4-18(17)21(25)28/h1-8,16H,9-13H2. The van der Waals surface area contributed by atoms with Gasteiger partial charge in [-0.1, -0.05) is 12.1 Å². The molecule has 0 radical (unpaired) electrons. The number of nitrogens with zero attached hydrogens (tertiary/aromatic N) is 3. The molecule has 3 heterocycles. The number of carbonyl (C=O) groups is 4. The largest absolute Gasteiger partial charge is 0.442 e. The molecular weight excluding hydrogens is 402 g/mol. The van der Waals surface area contributed by atoms with Gasteiger partial charge in [0.2, 0.25) is 0 Å². The molecule has 0 aliphatic carbocycles. The maximum Gasteiger partial charge on any atom is 0.414 e. The summed E-state index contributed by atoms with van der Waals surface area (Å²) in [5.41, 5.74) is 2.07. The van der Waals surface area contributed by atoms with Gasteiger partial charge in [-0.25, -0.2) is 4.79 Å². The van der Waals surface area contributed by atoms with E-state index in [0.29, 0.717) is 30.0 Å². The Kier molecular flexibility index (Phi) is 4.67. The molecule has 5 rings (SSSR count). The van der Waals surface area contributed by atoms with E-state index in [9.17, 15) is 19.2 Å². The van der Waals surface area contributed by atoms with Crippen LogP contribution in [0.15, 0.2) is 48.5 Å². The fraction of sp³-hybridized carbons (Fsp3) is 0.273. The molecule has 158 valence electrons. The van der Waals surface area contributed by atoms with Crippen LogP contribution in [0, 0.1) is 0 Å². The Labute approximate surface area is 177 Å². The molecule has 3 aliphatic rings. The number of cyclic esters (lactones) is 1. The zero-order valence-electron chi connectivity index (χ0n) is 16.5. The van der Waals surface area contributed by atoms with E-state index in [2.05, 4.69) is 0 Å². The van der Waals surface area contributed by atoms with Gasteiger partial charge in [0, 0.05) is 17.9 Å². The highest BCUT2D eigenvalue weighted by molar-refractivity contribution is 6.21. The smallest absolute Gasteiger partial charge is 0.414 e. The third kappa shape index (κ3) is 3.32. The molecule has 31 heavy (non-hydrogen) atoms. The number of carbonyl (C=O) groups excluding carboxylic acids is 4. The molecule has 2 aromatic rings. The summed E-state index contributed by atoms with van der Waals surface area (Å²) in [4.78, 5) is 53.7. The summed E-state index contributed by atoms with van der Waals surface area (Å²) in [6, 6.07) is 13.7. The zero-order valence-corrected chi connectivity index (χ0v) is 16.5. The number of hydrogen-bond donors (Lipinski definition) is 0. The van der Waals surface area contributed by atoms with E-state index in [1.54, 1.807) is 53.4 Å². The summed E-state index contributed by atoms with van der Waals surface area (Å²) in [7, 11) is 0. The first kappa shape index (κ1) is 19.3. The van der Waals surface area contributed by atoms with E-state index in [1.165, 1.54) is 4.90 Å². The Morgan fingerprint density at radius 2 is 1.45 bits per heavy atom. The molecule has 0 saturated carbocycles. The molecule has 0 bridgehead atoms. The first-order valence-corrected chi connectivity index (χ1v) is 9.94. The summed E-state index contributed by atoms with van der Waals surface area (Å²) in [5.74, 6) is -0.871. The van der Waals surface area contributed by atoms with Crippen molar-refractivity contribution >= 4 is 35.2 Å². The van der Waals surface area contributed by atoms with E-state index < -0.39 is 12.2 Å². The highest BCUT2D eigenvalue weighted by atomic mass is 16.6.